The number of aliphatic hydroxyl groups excluding tert-OH is 1. The number of pyridine rings is 1. The van der Waals surface area contributed by atoms with Gasteiger partial charge in [0.25, 0.3) is 0 Å². The predicted octanol–water partition coefficient (Wildman–Crippen LogP) is 3.38. The fourth-order valence-corrected chi connectivity index (χ4v) is 2.84. The van der Waals surface area contributed by atoms with E-state index in [1.54, 1.807) is 0 Å². The highest BCUT2D eigenvalue weighted by Crippen LogP contribution is 2.34. The zero-order chi connectivity index (χ0) is 15.4. The van der Waals surface area contributed by atoms with Crippen LogP contribution in [0.15, 0.2) is 48.7 Å². The Balaban J connectivity index is 1.56. The molecule has 1 aliphatic carbocycles. The van der Waals surface area contributed by atoms with Crippen LogP contribution in [-0.4, -0.2) is 22.7 Å². The van der Waals surface area contributed by atoms with Crippen molar-refractivity contribution >= 4 is 11.6 Å². The molecule has 1 aliphatic rings. The second-order valence-electron chi connectivity index (χ2n) is 5.94. The minimum atomic E-state index is -0.512. The van der Waals surface area contributed by atoms with Crippen LogP contribution in [-0.2, 0) is 6.42 Å². The van der Waals surface area contributed by atoms with Crippen LogP contribution >= 0.6 is 11.6 Å². The van der Waals surface area contributed by atoms with Gasteiger partial charge in [-0.05, 0) is 48.6 Å². The van der Waals surface area contributed by atoms with Gasteiger partial charge in [-0.25, -0.2) is 0 Å². The van der Waals surface area contributed by atoms with Crippen LogP contribution in [0, 0.1) is 5.92 Å². The Morgan fingerprint density at radius 1 is 1.18 bits per heavy atom. The molecule has 0 aliphatic heterocycles. The van der Waals surface area contributed by atoms with E-state index in [1.807, 2.05) is 42.6 Å². The normalized spacial score (nSPS) is 17.2. The fraction of sp³-hybridized carbons (Fsp3) is 0.389. The highest BCUT2D eigenvalue weighted by atomic mass is 35.5. The summed E-state index contributed by atoms with van der Waals surface area (Å²) in [4.78, 5) is 4.41. The van der Waals surface area contributed by atoms with E-state index in [-0.39, 0.29) is 0 Å². The Morgan fingerprint density at radius 3 is 2.59 bits per heavy atom. The quantitative estimate of drug-likeness (QED) is 0.823. The van der Waals surface area contributed by atoms with Gasteiger partial charge in [0.05, 0.1) is 6.10 Å². The van der Waals surface area contributed by atoms with Crippen molar-refractivity contribution in [3.8, 4) is 0 Å². The molecule has 1 fully saturated rings. The summed E-state index contributed by atoms with van der Waals surface area (Å²) in [6, 6.07) is 13.8. The number of nitrogens with zero attached hydrogens (tertiary/aromatic N) is 1. The van der Waals surface area contributed by atoms with Crippen LogP contribution in [0.25, 0.3) is 0 Å². The van der Waals surface area contributed by atoms with Crippen molar-refractivity contribution in [1.82, 2.24) is 10.3 Å². The van der Waals surface area contributed by atoms with Crippen LogP contribution in [0.2, 0.25) is 5.02 Å². The fourth-order valence-electron chi connectivity index (χ4n) is 2.71. The standard InChI is InChI=1S/C18H21ClN2O/c19-15-8-6-14(7-9-15)18(22)12-21-17(13-4-5-13)11-16-3-1-2-10-20-16/h1-3,6-10,13,17-18,21-22H,4-5,11-12H2. The maximum atomic E-state index is 10.3. The number of benzene rings is 1. The maximum absolute atomic E-state index is 10.3. The maximum Gasteiger partial charge on any atom is 0.0914 e. The molecule has 2 aromatic rings. The van der Waals surface area contributed by atoms with Gasteiger partial charge in [0.1, 0.15) is 0 Å². The van der Waals surface area contributed by atoms with Crippen LogP contribution in [0.5, 0.6) is 0 Å². The van der Waals surface area contributed by atoms with E-state index >= 15 is 0 Å². The van der Waals surface area contributed by atoms with Crippen molar-refractivity contribution in [1.29, 1.82) is 0 Å². The summed E-state index contributed by atoms with van der Waals surface area (Å²) in [5, 5.41) is 14.5. The summed E-state index contributed by atoms with van der Waals surface area (Å²) in [6.45, 7) is 0.551. The summed E-state index contributed by atoms with van der Waals surface area (Å²) >= 11 is 5.88. The molecule has 2 N–H and O–H groups in total. The molecule has 2 atom stereocenters. The van der Waals surface area contributed by atoms with E-state index in [2.05, 4.69) is 16.4 Å². The Kier molecular flexibility index (Phi) is 5.08. The number of halogens is 1. The highest BCUT2D eigenvalue weighted by molar-refractivity contribution is 6.30. The molecule has 3 rings (SSSR count). The molecular formula is C18H21ClN2O. The third kappa shape index (κ3) is 4.29. The zero-order valence-electron chi connectivity index (χ0n) is 12.5. The van der Waals surface area contributed by atoms with E-state index in [9.17, 15) is 5.11 Å². The molecule has 1 heterocycles. The Morgan fingerprint density at radius 2 is 1.95 bits per heavy atom. The smallest absolute Gasteiger partial charge is 0.0914 e. The molecule has 0 radical (unpaired) electrons. The molecule has 116 valence electrons. The zero-order valence-corrected chi connectivity index (χ0v) is 13.2. The second-order valence-corrected chi connectivity index (χ2v) is 6.38. The summed E-state index contributed by atoms with van der Waals surface area (Å²) in [7, 11) is 0. The summed E-state index contributed by atoms with van der Waals surface area (Å²) < 4.78 is 0. The molecule has 0 amide bonds. The predicted molar refractivity (Wildman–Crippen MR) is 88.9 cm³/mol. The first-order valence-corrected chi connectivity index (χ1v) is 8.17. The summed E-state index contributed by atoms with van der Waals surface area (Å²) in [5.74, 6) is 0.708. The van der Waals surface area contributed by atoms with Gasteiger partial charge in [0.15, 0.2) is 0 Å². The SMILES string of the molecule is OC(CNC(Cc1ccccn1)C1CC1)c1ccc(Cl)cc1. The van der Waals surface area contributed by atoms with Crippen molar-refractivity contribution in [2.45, 2.75) is 31.4 Å². The van der Waals surface area contributed by atoms with E-state index in [4.69, 9.17) is 11.6 Å². The third-order valence-corrected chi connectivity index (χ3v) is 4.43. The molecular weight excluding hydrogens is 296 g/mol. The number of hydrogen-bond acceptors (Lipinski definition) is 3. The first-order valence-electron chi connectivity index (χ1n) is 7.79. The molecule has 4 heteroatoms. The Labute approximate surface area is 136 Å². The molecule has 0 saturated heterocycles. The van der Waals surface area contributed by atoms with E-state index < -0.39 is 6.10 Å². The molecule has 0 spiro atoms. The lowest BCUT2D eigenvalue weighted by molar-refractivity contribution is 0.167. The minimum Gasteiger partial charge on any atom is -0.387 e. The molecule has 2 unspecified atom stereocenters. The molecule has 1 aromatic heterocycles. The van der Waals surface area contributed by atoms with E-state index in [0.29, 0.717) is 23.5 Å². The highest BCUT2D eigenvalue weighted by Gasteiger charge is 2.31. The lowest BCUT2D eigenvalue weighted by Gasteiger charge is -2.20. The van der Waals surface area contributed by atoms with Crippen molar-refractivity contribution < 1.29 is 5.11 Å². The Bertz CT molecular complexity index is 584. The van der Waals surface area contributed by atoms with Gasteiger partial charge in [0, 0.05) is 35.9 Å². The van der Waals surface area contributed by atoms with Gasteiger partial charge in [-0.3, -0.25) is 4.98 Å². The number of aromatic nitrogens is 1. The number of rotatable bonds is 7. The molecule has 22 heavy (non-hydrogen) atoms. The number of nitrogens with one attached hydrogen (secondary N) is 1. The molecule has 0 bridgehead atoms. The summed E-state index contributed by atoms with van der Waals surface area (Å²) in [6.07, 6.45) is 4.77. The minimum absolute atomic E-state index is 0.386. The molecule has 1 saturated carbocycles. The van der Waals surface area contributed by atoms with Crippen LogP contribution in [0.4, 0.5) is 0 Å². The van der Waals surface area contributed by atoms with Crippen molar-refractivity contribution in [2.75, 3.05) is 6.54 Å². The average molecular weight is 317 g/mol. The van der Waals surface area contributed by atoms with E-state index in [0.717, 1.165) is 17.7 Å². The van der Waals surface area contributed by atoms with Gasteiger partial charge < -0.3 is 10.4 Å². The topological polar surface area (TPSA) is 45.1 Å². The number of aliphatic hydroxyl groups is 1. The summed E-state index contributed by atoms with van der Waals surface area (Å²) in [5.41, 5.74) is 2.00. The van der Waals surface area contributed by atoms with Crippen molar-refractivity contribution in [2.24, 2.45) is 5.92 Å². The largest absolute Gasteiger partial charge is 0.387 e. The molecule has 1 aromatic carbocycles. The van der Waals surface area contributed by atoms with Gasteiger partial charge in [0.2, 0.25) is 0 Å². The average Bonchev–Trinajstić information content (AvgIpc) is 3.37. The second kappa shape index (κ2) is 7.23. The van der Waals surface area contributed by atoms with Gasteiger partial charge in [-0.1, -0.05) is 29.8 Å². The van der Waals surface area contributed by atoms with Gasteiger partial charge in [-0.15, -0.1) is 0 Å². The first kappa shape index (κ1) is 15.5. The first-order chi connectivity index (χ1) is 10.7. The van der Waals surface area contributed by atoms with E-state index in [1.165, 1.54) is 12.8 Å². The van der Waals surface area contributed by atoms with Crippen LogP contribution in [0.1, 0.15) is 30.2 Å². The van der Waals surface area contributed by atoms with Gasteiger partial charge in [-0.2, -0.15) is 0 Å². The number of hydrogen-bond donors (Lipinski definition) is 2. The lowest BCUT2D eigenvalue weighted by atomic mass is 10.0. The Hall–Kier alpha value is -1.42. The van der Waals surface area contributed by atoms with Crippen molar-refractivity contribution in [3.63, 3.8) is 0 Å². The van der Waals surface area contributed by atoms with Crippen LogP contribution < -0.4 is 5.32 Å². The lowest BCUT2D eigenvalue weighted by Crippen LogP contribution is -2.36. The third-order valence-electron chi connectivity index (χ3n) is 4.17. The van der Waals surface area contributed by atoms with Crippen LogP contribution in [0.3, 0.4) is 0 Å². The molecule has 3 nitrogen and oxygen atoms in total. The van der Waals surface area contributed by atoms with Gasteiger partial charge >= 0.3 is 0 Å². The van der Waals surface area contributed by atoms with Crippen molar-refractivity contribution in [3.05, 3.63) is 64.9 Å². The monoisotopic (exact) mass is 316 g/mol.